The Morgan fingerprint density at radius 1 is 0.875 bits per heavy atom. The highest BCUT2D eigenvalue weighted by atomic mass is 28.3. The highest BCUT2D eigenvalue weighted by molar-refractivity contribution is 6.80. The summed E-state index contributed by atoms with van der Waals surface area (Å²) in [4.78, 5) is 0. The molecule has 5 heteroatoms. The molecule has 0 saturated heterocycles. The van der Waals surface area contributed by atoms with E-state index in [0.717, 1.165) is 28.7 Å². The molecule has 2 fully saturated rings. The van der Waals surface area contributed by atoms with Crippen LogP contribution in [0.25, 0.3) is 17.1 Å². The van der Waals surface area contributed by atoms with Crippen LogP contribution in [-0.4, -0.2) is 12.6 Å². The van der Waals surface area contributed by atoms with Gasteiger partial charge in [0, 0.05) is 17.2 Å². The van der Waals surface area contributed by atoms with Crippen LogP contribution in [-0.2, 0) is 7.05 Å². The molecule has 0 radical (unpaired) electrons. The van der Waals surface area contributed by atoms with Crippen molar-refractivity contribution in [3.8, 4) is 17.1 Å². The number of hydrogen-bond acceptors (Lipinski definition) is 0. The van der Waals surface area contributed by atoms with E-state index >= 15 is 4.39 Å². The second kappa shape index (κ2) is 11.2. The van der Waals surface area contributed by atoms with Gasteiger partial charge in [0.25, 0.3) is 5.82 Å². The molecule has 40 heavy (non-hydrogen) atoms. The fourth-order valence-corrected chi connectivity index (χ4v) is 12.4. The number of imidazole rings is 1. The minimum absolute atomic E-state index is 0.314. The van der Waals surface area contributed by atoms with Crippen molar-refractivity contribution in [3.05, 3.63) is 70.5 Å². The standard InChI is InChI=1S/C35H49F2N2Si/c1-22(2)30-19-26(25-13-14-29(18-25)40(7,8)28-11-9-10-12-28)20-31(23(3)4)34(30)39-16-15-38(6)35(39)33-24(5)17-27(36)21-32(33)37/h15-17,19-23,25,28-29H,9-14,18H2,1-8H3/q+1. The molecule has 2 aliphatic carbocycles. The van der Waals surface area contributed by atoms with Gasteiger partial charge in [-0.05, 0) is 65.8 Å². The molecule has 1 heterocycles. The maximum atomic E-state index is 15.3. The first-order chi connectivity index (χ1) is 18.9. The second-order valence-corrected chi connectivity index (χ2v) is 19.3. The summed E-state index contributed by atoms with van der Waals surface area (Å²) in [6, 6.07) is 7.38. The van der Waals surface area contributed by atoms with E-state index in [0.29, 0.717) is 28.9 Å². The molecule has 0 bridgehead atoms. The van der Waals surface area contributed by atoms with E-state index in [2.05, 4.69) is 57.5 Å². The molecule has 0 amide bonds. The maximum absolute atomic E-state index is 15.3. The molecular formula is C35H49F2N2Si+. The summed E-state index contributed by atoms with van der Waals surface area (Å²) in [5.74, 6) is 0.940. The first kappa shape index (κ1) is 29.2. The summed E-state index contributed by atoms with van der Waals surface area (Å²) in [6.45, 7) is 16.2. The molecule has 0 aliphatic heterocycles. The van der Waals surface area contributed by atoms with Crippen molar-refractivity contribution in [3.63, 3.8) is 0 Å². The van der Waals surface area contributed by atoms with E-state index in [1.807, 2.05) is 24.0 Å². The van der Waals surface area contributed by atoms with Gasteiger partial charge in [-0.15, -0.1) is 0 Å². The Labute approximate surface area is 241 Å². The van der Waals surface area contributed by atoms with Gasteiger partial charge in [-0.2, -0.15) is 4.57 Å². The van der Waals surface area contributed by atoms with E-state index in [1.54, 1.807) is 6.92 Å². The molecule has 1 aromatic heterocycles. The van der Waals surface area contributed by atoms with Crippen molar-refractivity contribution in [2.75, 3.05) is 0 Å². The average Bonchev–Trinajstić information content (AvgIpc) is 3.65. The SMILES string of the molecule is Cc1cc(F)cc(F)c1-c1n(-c2c(C(C)C)cc(C3CCC([Si](C)(C)C4CCCC4)C3)cc2C(C)C)cc[n+]1C. The number of halogens is 2. The Bertz CT molecular complexity index is 1330. The highest BCUT2D eigenvalue weighted by Crippen LogP contribution is 2.54. The molecule has 5 rings (SSSR count). The van der Waals surface area contributed by atoms with Crippen molar-refractivity contribution in [1.29, 1.82) is 0 Å². The van der Waals surface area contributed by atoms with E-state index in [1.165, 1.54) is 67.7 Å². The molecule has 3 aromatic rings. The van der Waals surface area contributed by atoms with Crippen molar-refractivity contribution in [2.24, 2.45) is 7.05 Å². The predicted molar refractivity (Wildman–Crippen MR) is 165 cm³/mol. The van der Waals surface area contributed by atoms with Crippen LogP contribution in [0, 0.1) is 18.6 Å². The largest absolute Gasteiger partial charge is 0.297 e. The van der Waals surface area contributed by atoms with E-state index in [4.69, 9.17) is 0 Å². The third kappa shape index (κ3) is 5.23. The lowest BCUT2D eigenvalue weighted by Crippen LogP contribution is -2.36. The maximum Gasteiger partial charge on any atom is 0.297 e. The number of hydrogen-bond donors (Lipinski definition) is 0. The fraction of sp³-hybridized carbons (Fsp3) is 0.571. The lowest BCUT2D eigenvalue weighted by molar-refractivity contribution is -0.659. The zero-order valence-electron chi connectivity index (χ0n) is 26.0. The van der Waals surface area contributed by atoms with Crippen LogP contribution in [0.2, 0.25) is 24.2 Å². The lowest BCUT2D eigenvalue weighted by atomic mass is 9.85. The lowest BCUT2D eigenvalue weighted by Gasteiger charge is -2.36. The number of rotatable bonds is 7. The van der Waals surface area contributed by atoms with Crippen LogP contribution in [0.4, 0.5) is 8.78 Å². The van der Waals surface area contributed by atoms with Crippen molar-refractivity contribution in [1.82, 2.24) is 4.57 Å². The Hall–Kier alpha value is -2.27. The summed E-state index contributed by atoms with van der Waals surface area (Å²) < 4.78 is 33.5. The third-order valence-corrected chi connectivity index (χ3v) is 15.8. The van der Waals surface area contributed by atoms with Crippen LogP contribution in [0.15, 0.2) is 36.7 Å². The quantitative estimate of drug-likeness (QED) is 0.200. The summed E-state index contributed by atoms with van der Waals surface area (Å²) in [5, 5.41) is 0. The van der Waals surface area contributed by atoms with Crippen LogP contribution in [0.1, 0.15) is 113 Å². The predicted octanol–water partition coefficient (Wildman–Crippen LogP) is 10.1. The van der Waals surface area contributed by atoms with E-state index in [9.17, 15) is 4.39 Å². The first-order valence-electron chi connectivity index (χ1n) is 15.6. The van der Waals surface area contributed by atoms with Crippen molar-refractivity contribution in [2.45, 2.75) is 121 Å². The van der Waals surface area contributed by atoms with Crippen LogP contribution in [0.5, 0.6) is 0 Å². The first-order valence-corrected chi connectivity index (χ1v) is 18.8. The number of benzene rings is 2. The number of nitrogens with zero attached hydrogens (tertiary/aromatic N) is 2. The molecule has 2 unspecified atom stereocenters. The molecule has 2 aromatic carbocycles. The van der Waals surface area contributed by atoms with Gasteiger partial charge >= 0.3 is 0 Å². The van der Waals surface area contributed by atoms with Gasteiger partial charge in [0.2, 0.25) is 0 Å². The minimum atomic E-state index is -1.27. The summed E-state index contributed by atoms with van der Waals surface area (Å²) >= 11 is 0. The van der Waals surface area contributed by atoms with Crippen molar-refractivity contribution >= 4 is 8.07 Å². The molecule has 2 atom stereocenters. The number of aromatic nitrogens is 2. The summed E-state index contributed by atoms with van der Waals surface area (Å²) in [6.07, 6.45) is 13.9. The van der Waals surface area contributed by atoms with Gasteiger partial charge in [-0.25, -0.2) is 13.3 Å². The van der Waals surface area contributed by atoms with Gasteiger partial charge in [-0.1, -0.05) is 85.0 Å². The molecule has 0 spiro atoms. The second-order valence-electron chi connectivity index (χ2n) is 14.0. The van der Waals surface area contributed by atoms with Gasteiger partial charge in [0.15, 0.2) is 0 Å². The normalized spacial score (nSPS) is 20.4. The zero-order valence-corrected chi connectivity index (χ0v) is 27.0. The van der Waals surface area contributed by atoms with Gasteiger partial charge in [-0.3, -0.25) is 0 Å². The van der Waals surface area contributed by atoms with Crippen LogP contribution >= 0.6 is 0 Å². The molecular weight excluding hydrogens is 514 g/mol. The van der Waals surface area contributed by atoms with Crippen molar-refractivity contribution < 1.29 is 13.3 Å². The Balaban J connectivity index is 1.60. The molecule has 216 valence electrons. The monoisotopic (exact) mass is 563 g/mol. The van der Waals surface area contributed by atoms with Gasteiger partial charge in [0.05, 0.1) is 15.1 Å². The van der Waals surface area contributed by atoms with Gasteiger partial charge in [0.1, 0.15) is 35.3 Å². The smallest absolute Gasteiger partial charge is 0.232 e. The van der Waals surface area contributed by atoms with E-state index in [-0.39, 0.29) is 0 Å². The minimum Gasteiger partial charge on any atom is -0.232 e. The number of aryl methyl sites for hydroxylation is 2. The highest BCUT2D eigenvalue weighted by Gasteiger charge is 2.44. The zero-order chi connectivity index (χ0) is 28.9. The molecule has 2 aliphatic rings. The average molecular weight is 564 g/mol. The topological polar surface area (TPSA) is 8.81 Å². The summed E-state index contributed by atoms with van der Waals surface area (Å²) in [7, 11) is 0.673. The summed E-state index contributed by atoms with van der Waals surface area (Å²) in [5.41, 5.74) is 8.28. The Morgan fingerprint density at radius 3 is 2.08 bits per heavy atom. The Morgan fingerprint density at radius 2 is 1.50 bits per heavy atom. The fourth-order valence-electron chi connectivity index (χ4n) is 8.00. The van der Waals surface area contributed by atoms with Crippen LogP contribution < -0.4 is 4.57 Å². The Kier molecular flexibility index (Phi) is 8.18. The molecule has 2 saturated carbocycles. The van der Waals surface area contributed by atoms with Crippen LogP contribution in [0.3, 0.4) is 0 Å². The molecule has 0 N–H and O–H groups in total. The molecule has 2 nitrogen and oxygen atoms in total. The van der Waals surface area contributed by atoms with Gasteiger partial charge < -0.3 is 0 Å². The van der Waals surface area contributed by atoms with E-state index < -0.39 is 19.7 Å². The third-order valence-electron chi connectivity index (χ3n) is 10.5.